The molecule has 1 saturated heterocycles. The lowest BCUT2D eigenvalue weighted by Gasteiger charge is -2.41. The fourth-order valence-corrected chi connectivity index (χ4v) is 4.29. The normalized spacial score (nSPS) is 20.0. The summed E-state index contributed by atoms with van der Waals surface area (Å²) in [5.74, 6) is 0.0572. The number of hydrogen-bond acceptors (Lipinski definition) is 4. The number of nitrogens with one attached hydrogen (secondary N) is 1. The molecule has 2 aromatic rings. The van der Waals surface area contributed by atoms with E-state index >= 15 is 0 Å². The van der Waals surface area contributed by atoms with Gasteiger partial charge in [-0.05, 0) is 30.7 Å². The minimum absolute atomic E-state index is 0.0572. The third-order valence-corrected chi connectivity index (χ3v) is 5.84. The minimum atomic E-state index is 0.0572. The van der Waals surface area contributed by atoms with Crippen molar-refractivity contribution in [1.82, 2.24) is 10.2 Å². The average molecular weight is 379 g/mol. The highest BCUT2D eigenvalue weighted by Crippen LogP contribution is 2.27. The zero-order chi connectivity index (χ0) is 19.3. The van der Waals surface area contributed by atoms with Gasteiger partial charge in [-0.3, -0.25) is 9.69 Å². The van der Waals surface area contributed by atoms with Gasteiger partial charge in [-0.25, -0.2) is 0 Å². The molecule has 1 unspecified atom stereocenters. The number of piperazine rings is 1. The molecule has 0 radical (unpaired) electrons. The van der Waals surface area contributed by atoms with Crippen molar-refractivity contribution in [3.05, 3.63) is 60.2 Å². The van der Waals surface area contributed by atoms with Gasteiger partial charge in [-0.1, -0.05) is 43.7 Å². The largest absolute Gasteiger partial charge is 0.369 e. The van der Waals surface area contributed by atoms with E-state index in [0.717, 1.165) is 63.4 Å². The Morgan fingerprint density at radius 3 is 2.39 bits per heavy atom. The molecular weight excluding hydrogens is 348 g/mol. The van der Waals surface area contributed by atoms with E-state index in [0.29, 0.717) is 0 Å². The van der Waals surface area contributed by atoms with Crippen LogP contribution in [-0.4, -0.2) is 56.2 Å². The molecule has 0 saturated carbocycles. The summed E-state index contributed by atoms with van der Waals surface area (Å²) >= 11 is 0. The summed E-state index contributed by atoms with van der Waals surface area (Å²) in [6.45, 7) is 8.42. The highest BCUT2D eigenvalue weighted by molar-refractivity contribution is 6.01. The van der Waals surface area contributed by atoms with Gasteiger partial charge in [-0.2, -0.15) is 0 Å². The number of anilines is 2. The zero-order valence-electron chi connectivity index (χ0n) is 16.7. The quantitative estimate of drug-likeness (QED) is 0.838. The first-order chi connectivity index (χ1) is 13.8. The standard InChI is InChI=1S/C23H30N4O/c1-2-8-22-24-23(28)20-11-6-7-12-21(20)27(22)18-15-25-13-16-26(17-14-25)19-9-4-3-5-10-19/h3-7,9-12,22H,2,8,13-18H2,1H3,(H,24,28). The van der Waals surface area contributed by atoms with Crippen molar-refractivity contribution >= 4 is 17.3 Å². The fourth-order valence-electron chi connectivity index (χ4n) is 4.29. The smallest absolute Gasteiger partial charge is 0.254 e. The molecule has 0 bridgehead atoms. The predicted molar refractivity (Wildman–Crippen MR) is 115 cm³/mol. The van der Waals surface area contributed by atoms with Gasteiger partial charge in [0.2, 0.25) is 0 Å². The maximum absolute atomic E-state index is 12.4. The Labute approximate surface area is 167 Å². The molecule has 2 aromatic carbocycles. The van der Waals surface area contributed by atoms with Gasteiger partial charge in [0.15, 0.2) is 0 Å². The van der Waals surface area contributed by atoms with E-state index < -0.39 is 0 Å². The van der Waals surface area contributed by atoms with Crippen molar-refractivity contribution < 1.29 is 4.79 Å². The van der Waals surface area contributed by atoms with Crippen LogP contribution in [0.25, 0.3) is 0 Å². The fraction of sp³-hybridized carbons (Fsp3) is 0.435. The number of para-hydroxylation sites is 2. The summed E-state index contributed by atoms with van der Waals surface area (Å²) in [5, 5.41) is 3.20. The lowest BCUT2D eigenvalue weighted by Crippen LogP contribution is -2.55. The maximum atomic E-state index is 12.4. The molecule has 2 aliphatic heterocycles. The Bertz CT molecular complexity index is 786. The number of amides is 1. The van der Waals surface area contributed by atoms with Gasteiger partial charge >= 0.3 is 0 Å². The van der Waals surface area contributed by atoms with Crippen molar-refractivity contribution in [2.24, 2.45) is 0 Å². The van der Waals surface area contributed by atoms with E-state index in [2.05, 4.69) is 63.3 Å². The highest BCUT2D eigenvalue weighted by atomic mass is 16.2. The topological polar surface area (TPSA) is 38.8 Å². The first-order valence-electron chi connectivity index (χ1n) is 10.4. The van der Waals surface area contributed by atoms with Gasteiger partial charge in [0.1, 0.15) is 6.17 Å². The second-order valence-electron chi connectivity index (χ2n) is 7.65. The van der Waals surface area contributed by atoms with Gasteiger partial charge < -0.3 is 15.1 Å². The molecule has 148 valence electrons. The van der Waals surface area contributed by atoms with Crippen LogP contribution in [0.4, 0.5) is 11.4 Å². The lowest BCUT2D eigenvalue weighted by atomic mass is 10.1. The number of rotatable bonds is 6. The third-order valence-electron chi connectivity index (χ3n) is 5.84. The molecule has 2 heterocycles. The van der Waals surface area contributed by atoms with Crippen LogP contribution in [-0.2, 0) is 0 Å². The van der Waals surface area contributed by atoms with Crippen LogP contribution < -0.4 is 15.1 Å². The predicted octanol–water partition coefficient (Wildman–Crippen LogP) is 3.18. The second-order valence-corrected chi connectivity index (χ2v) is 7.65. The summed E-state index contributed by atoms with van der Waals surface area (Å²) in [5.41, 5.74) is 3.19. The Hall–Kier alpha value is -2.53. The second kappa shape index (κ2) is 8.65. The van der Waals surface area contributed by atoms with E-state index in [1.807, 2.05) is 18.2 Å². The molecule has 0 spiro atoms. The van der Waals surface area contributed by atoms with Crippen LogP contribution in [0.2, 0.25) is 0 Å². The third kappa shape index (κ3) is 3.99. The van der Waals surface area contributed by atoms with Crippen molar-refractivity contribution in [1.29, 1.82) is 0 Å². The molecule has 1 N–H and O–H groups in total. The first-order valence-corrected chi connectivity index (χ1v) is 10.4. The SMILES string of the molecule is CCCC1NC(=O)c2ccccc2N1CCN1CCN(c2ccccc2)CC1. The Morgan fingerprint density at radius 1 is 0.929 bits per heavy atom. The molecule has 0 aliphatic carbocycles. The van der Waals surface area contributed by atoms with Gasteiger partial charge in [0.05, 0.1) is 11.3 Å². The molecular formula is C23H30N4O. The van der Waals surface area contributed by atoms with Crippen molar-refractivity contribution in [2.75, 3.05) is 49.1 Å². The Balaban J connectivity index is 1.38. The summed E-state index contributed by atoms with van der Waals surface area (Å²) in [6.07, 6.45) is 2.12. The molecule has 2 aliphatic rings. The monoisotopic (exact) mass is 378 g/mol. The summed E-state index contributed by atoms with van der Waals surface area (Å²) in [6, 6.07) is 18.7. The molecule has 4 rings (SSSR count). The van der Waals surface area contributed by atoms with Crippen molar-refractivity contribution in [3.63, 3.8) is 0 Å². The zero-order valence-corrected chi connectivity index (χ0v) is 16.7. The minimum Gasteiger partial charge on any atom is -0.369 e. The first kappa shape index (κ1) is 18.8. The van der Waals surface area contributed by atoms with E-state index in [1.54, 1.807) is 0 Å². The van der Waals surface area contributed by atoms with Crippen LogP contribution in [0.3, 0.4) is 0 Å². The molecule has 1 fully saturated rings. The van der Waals surface area contributed by atoms with E-state index in [-0.39, 0.29) is 12.1 Å². The molecule has 28 heavy (non-hydrogen) atoms. The molecule has 1 amide bonds. The van der Waals surface area contributed by atoms with Gasteiger partial charge in [0.25, 0.3) is 5.91 Å². The van der Waals surface area contributed by atoms with Crippen LogP contribution in [0.1, 0.15) is 30.1 Å². The molecule has 5 heteroatoms. The number of benzene rings is 2. The van der Waals surface area contributed by atoms with Gasteiger partial charge in [-0.15, -0.1) is 0 Å². The Kier molecular flexibility index (Phi) is 5.81. The lowest BCUT2D eigenvalue weighted by molar-refractivity contribution is 0.0923. The number of carbonyl (C=O) groups is 1. The van der Waals surface area contributed by atoms with Crippen LogP contribution in [0, 0.1) is 0 Å². The van der Waals surface area contributed by atoms with E-state index in [4.69, 9.17) is 0 Å². The van der Waals surface area contributed by atoms with E-state index in [1.165, 1.54) is 5.69 Å². The van der Waals surface area contributed by atoms with Crippen molar-refractivity contribution in [3.8, 4) is 0 Å². The van der Waals surface area contributed by atoms with E-state index in [9.17, 15) is 4.79 Å². The number of fused-ring (bicyclic) bond motifs is 1. The average Bonchev–Trinajstić information content (AvgIpc) is 2.75. The molecule has 1 atom stereocenters. The summed E-state index contributed by atoms with van der Waals surface area (Å²) in [4.78, 5) is 19.8. The number of nitrogens with zero attached hydrogens (tertiary/aromatic N) is 3. The summed E-state index contributed by atoms with van der Waals surface area (Å²) < 4.78 is 0. The van der Waals surface area contributed by atoms with Gasteiger partial charge in [0, 0.05) is 45.0 Å². The highest BCUT2D eigenvalue weighted by Gasteiger charge is 2.30. The van der Waals surface area contributed by atoms with Crippen LogP contribution in [0.15, 0.2) is 54.6 Å². The van der Waals surface area contributed by atoms with Crippen LogP contribution in [0.5, 0.6) is 0 Å². The van der Waals surface area contributed by atoms with Crippen molar-refractivity contribution in [2.45, 2.75) is 25.9 Å². The molecule has 5 nitrogen and oxygen atoms in total. The Morgan fingerprint density at radius 2 is 1.64 bits per heavy atom. The number of hydrogen-bond donors (Lipinski definition) is 1. The maximum Gasteiger partial charge on any atom is 0.254 e. The summed E-state index contributed by atoms with van der Waals surface area (Å²) in [7, 11) is 0. The number of carbonyl (C=O) groups excluding carboxylic acids is 1. The molecule has 0 aromatic heterocycles. The van der Waals surface area contributed by atoms with Crippen LogP contribution >= 0.6 is 0 Å².